The largest absolute Gasteiger partial charge is 0.315 e. The lowest BCUT2D eigenvalue weighted by atomic mass is 10.4. The Morgan fingerprint density at radius 3 is 2.83 bits per heavy atom. The molecule has 102 valence electrons. The molecule has 0 spiro atoms. The summed E-state index contributed by atoms with van der Waals surface area (Å²) >= 11 is 2.05. The number of rotatable bonds is 7. The number of aryl methyl sites for hydroxylation is 1. The standard InChI is InChI=1S/C12H21IN4O/c1-10-11(13)12(18)17(9-15-10)8-6-14-5-4-7-16(2)3/h9,14H,4-8H2,1-3H3. The van der Waals surface area contributed by atoms with Crippen LogP contribution in [0.1, 0.15) is 12.1 Å². The van der Waals surface area contributed by atoms with Crippen LogP contribution in [0.3, 0.4) is 0 Å². The van der Waals surface area contributed by atoms with E-state index in [0.29, 0.717) is 10.1 Å². The minimum atomic E-state index is 0.0539. The normalized spacial score (nSPS) is 11.2. The summed E-state index contributed by atoms with van der Waals surface area (Å²) in [5, 5.41) is 3.33. The van der Waals surface area contributed by atoms with Crippen LogP contribution in [0.25, 0.3) is 0 Å². The van der Waals surface area contributed by atoms with Gasteiger partial charge in [0.15, 0.2) is 0 Å². The molecule has 0 fully saturated rings. The molecular weight excluding hydrogens is 343 g/mol. The molecule has 0 bridgehead atoms. The smallest absolute Gasteiger partial charge is 0.267 e. The van der Waals surface area contributed by atoms with E-state index in [1.165, 1.54) is 0 Å². The third kappa shape index (κ3) is 5.03. The topological polar surface area (TPSA) is 50.2 Å². The van der Waals surface area contributed by atoms with Gasteiger partial charge in [0.2, 0.25) is 0 Å². The molecule has 0 aliphatic carbocycles. The molecule has 0 aromatic carbocycles. The molecule has 0 atom stereocenters. The first kappa shape index (κ1) is 15.6. The average Bonchev–Trinajstić information content (AvgIpc) is 2.33. The van der Waals surface area contributed by atoms with Gasteiger partial charge in [0.1, 0.15) is 0 Å². The fraction of sp³-hybridized carbons (Fsp3) is 0.667. The molecule has 0 amide bonds. The molecule has 1 rings (SSSR count). The zero-order chi connectivity index (χ0) is 13.5. The lowest BCUT2D eigenvalue weighted by molar-refractivity contribution is 0.393. The van der Waals surface area contributed by atoms with E-state index in [1.807, 2.05) is 6.92 Å². The van der Waals surface area contributed by atoms with Crippen LogP contribution < -0.4 is 10.9 Å². The van der Waals surface area contributed by atoms with E-state index in [2.05, 4.69) is 51.9 Å². The van der Waals surface area contributed by atoms with Crippen LogP contribution in [0.15, 0.2) is 11.1 Å². The van der Waals surface area contributed by atoms with Crippen molar-refractivity contribution in [2.45, 2.75) is 19.9 Å². The summed E-state index contributed by atoms with van der Waals surface area (Å²) < 4.78 is 2.37. The molecule has 0 saturated heterocycles. The zero-order valence-electron chi connectivity index (χ0n) is 11.2. The molecule has 1 heterocycles. The van der Waals surface area contributed by atoms with Crippen molar-refractivity contribution in [1.29, 1.82) is 0 Å². The molecule has 1 aromatic heterocycles. The van der Waals surface area contributed by atoms with Crippen LogP contribution in [-0.4, -0.2) is 48.2 Å². The first-order valence-electron chi connectivity index (χ1n) is 6.09. The Morgan fingerprint density at radius 2 is 2.17 bits per heavy atom. The highest BCUT2D eigenvalue weighted by Crippen LogP contribution is 2.00. The summed E-state index contributed by atoms with van der Waals surface area (Å²) in [7, 11) is 4.14. The molecule has 1 N–H and O–H groups in total. The van der Waals surface area contributed by atoms with E-state index in [9.17, 15) is 4.79 Å². The van der Waals surface area contributed by atoms with Crippen LogP contribution in [0.2, 0.25) is 0 Å². The third-order valence-corrected chi connectivity index (χ3v) is 3.89. The molecular formula is C12H21IN4O. The van der Waals surface area contributed by atoms with Gasteiger partial charge in [0, 0.05) is 13.1 Å². The number of nitrogens with zero attached hydrogens (tertiary/aromatic N) is 3. The Labute approximate surface area is 122 Å². The Kier molecular flexibility index (Phi) is 6.80. The fourth-order valence-corrected chi connectivity index (χ4v) is 2.00. The SMILES string of the molecule is Cc1ncn(CCNCCCN(C)C)c(=O)c1I. The second-order valence-electron chi connectivity index (χ2n) is 4.55. The molecule has 0 aliphatic heterocycles. The maximum absolute atomic E-state index is 11.9. The Balaban J connectivity index is 2.32. The minimum absolute atomic E-state index is 0.0539. The Bertz CT molecular complexity index is 431. The lowest BCUT2D eigenvalue weighted by Gasteiger charge is -2.10. The van der Waals surface area contributed by atoms with Gasteiger partial charge in [-0.05, 0) is 63.1 Å². The molecule has 18 heavy (non-hydrogen) atoms. The van der Waals surface area contributed by atoms with Crippen LogP contribution in [0.5, 0.6) is 0 Å². The summed E-state index contributed by atoms with van der Waals surface area (Å²) in [4.78, 5) is 18.2. The maximum atomic E-state index is 11.9. The van der Waals surface area contributed by atoms with Gasteiger partial charge in [-0.15, -0.1) is 0 Å². The summed E-state index contributed by atoms with van der Waals surface area (Å²) in [6.45, 7) is 5.38. The molecule has 0 saturated carbocycles. The van der Waals surface area contributed by atoms with Gasteiger partial charge in [-0.1, -0.05) is 0 Å². The number of hydrogen-bond donors (Lipinski definition) is 1. The fourth-order valence-electron chi connectivity index (χ4n) is 1.55. The highest BCUT2D eigenvalue weighted by Gasteiger charge is 2.04. The van der Waals surface area contributed by atoms with Crippen molar-refractivity contribution in [2.75, 3.05) is 33.7 Å². The molecule has 0 unspecified atom stereocenters. The predicted molar refractivity (Wildman–Crippen MR) is 82.0 cm³/mol. The van der Waals surface area contributed by atoms with E-state index < -0.39 is 0 Å². The molecule has 5 nitrogen and oxygen atoms in total. The molecule has 0 aliphatic rings. The molecule has 6 heteroatoms. The van der Waals surface area contributed by atoms with Gasteiger partial charge in [0.25, 0.3) is 5.56 Å². The van der Waals surface area contributed by atoms with Crippen molar-refractivity contribution in [1.82, 2.24) is 19.8 Å². The lowest BCUT2D eigenvalue weighted by Crippen LogP contribution is -2.30. The second kappa shape index (κ2) is 7.85. The van der Waals surface area contributed by atoms with Crippen molar-refractivity contribution in [3.63, 3.8) is 0 Å². The highest BCUT2D eigenvalue weighted by atomic mass is 127. The third-order valence-electron chi connectivity index (χ3n) is 2.65. The van der Waals surface area contributed by atoms with E-state index in [-0.39, 0.29) is 5.56 Å². The van der Waals surface area contributed by atoms with Gasteiger partial charge in [-0.3, -0.25) is 9.36 Å². The van der Waals surface area contributed by atoms with Crippen LogP contribution in [0.4, 0.5) is 0 Å². The Morgan fingerprint density at radius 1 is 1.44 bits per heavy atom. The quantitative estimate of drug-likeness (QED) is 0.572. The van der Waals surface area contributed by atoms with Gasteiger partial charge in [-0.25, -0.2) is 4.98 Å². The summed E-state index contributed by atoms with van der Waals surface area (Å²) in [6, 6.07) is 0. The monoisotopic (exact) mass is 364 g/mol. The second-order valence-corrected chi connectivity index (χ2v) is 5.63. The van der Waals surface area contributed by atoms with E-state index in [0.717, 1.165) is 31.7 Å². The number of nitrogens with one attached hydrogen (secondary N) is 1. The first-order valence-corrected chi connectivity index (χ1v) is 7.17. The number of halogens is 1. The van der Waals surface area contributed by atoms with Gasteiger partial charge in [0.05, 0.1) is 15.6 Å². The summed E-state index contributed by atoms with van der Waals surface area (Å²) in [5.74, 6) is 0. The van der Waals surface area contributed by atoms with Crippen LogP contribution >= 0.6 is 22.6 Å². The van der Waals surface area contributed by atoms with Gasteiger partial charge in [-0.2, -0.15) is 0 Å². The van der Waals surface area contributed by atoms with Crippen molar-refractivity contribution >= 4 is 22.6 Å². The van der Waals surface area contributed by atoms with Gasteiger partial charge < -0.3 is 10.2 Å². The average molecular weight is 364 g/mol. The summed E-state index contributed by atoms with van der Waals surface area (Å²) in [5.41, 5.74) is 0.856. The minimum Gasteiger partial charge on any atom is -0.315 e. The van der Waals surface area contributed by atoms with E-state index >= 15 is 0 Å². The van der Waals surface area contributed by atoms with Crippen molar-refractivity contribution in [3.05, 3.63) is 25.9 Å². The number of hydrogen-bond acceptors (Lipinski definition) is 4. The van der Waals surface area contributed by atoms with E-state index in [1.54, 1.807) is 10.9 Å². The summed E-state index contributed by atoms with van der Waals surface area (Å²) in [6.07, 6.45) is 2.74. The molecule has 1 aromatic rings. The maximum Gasteiger partial charge on any atom is 0.267 e. The van der Waals surface area contributed by atoms with Gasteiger partial charge >= 0.3 is 0 Å². The zero-order valence-corrected chi connectivity index (χ0v) is 13.4. The van der Waals surface area contributed by atoms with Crippen LogP contribution in [0, 0.1) is 10.5 Å². The molecule has 0 radical (unpaired) electrons. The highest BCUT2D eigenvalue weighted by molar-refractivity contribution is 14.1. The van der Waals surface area contributed by atoms with Crippen molar-refractivity contribution in [2.24, 2.45) is 0 Å². The van der Waals surface area contributed by atoms with Crippen molar-refractivity contribution in [3.8, 4) is 0 Å². The Hall–Kier alpha value is -0.470. The number of aromatic nitrogens is 2. The van der Waals surface area contributed by atoms with Crippen LogP contribution in [-0.2, 0) is 6.54 Å². The van der Waals surface area contributed by atoms with E-state index in [4.69, 9.17) is 0 Å². The van der Waals surface area contributed by atoms with Crippen molar-refractivity contribution < 1.29 is 0 Å². The first-order chi connectivity index (χ1) is 8.52. The predicted octanol–water partition coefficient (Wildman–Crippen LogP) is 0.698.